The Morgan fingerprint density at radius 2 is 1.81 bits per heavy atom. The zero-order valence-electron chi connectivity index (χ0n) is 16.8. The first-order valence-electron chi connectivity index (χ1n) is 9.62. The van der Waals surface area contributed by atoms with Gasteiger partial charge in [-0.15, -0.1) is 5.10 Å². The van der Waals surface area contributed by atoms with Crippen LogP contribution in [-0.2, 0) is 11.3 Å². The summed E-state index contributed by atoms with van der Waals surface area (Å²) in [5.41, 5.74) is 1.25. The third kappa shape index (κ3) is 4.56. The number of methoxy groups -OCH3 is 2. The Bertz CT molecular complexity index is 694. The number of quaternary nitrogens is 1. The summed E-state index contributed by atoms with van der Waals surface area (Å²) in [7, 11) is 3.40. The molecule has 2 aromatic rings. The lowest BCUT2D eigenvalue weighted by molar-refractivity contribution is -0.937. The highest BCUT2D eigenvalue weighted by Gasteiger charge is 2.35. The third-order valence-corrected chi connectivity index (χ3v) is 5.29. The maximum absolute atomic E-state index is 5.26. The van der Waals surface area contributed by atoms with Gasteiger partial charge in [-0.25, -0.2) is 4.68 Å². The van der Waals surface area contributed by atoms with E-state index in [2.05, 4.69) is 46.4 Å². The molecule has 0 unspecified atom stereocenters. The van der Waals surface area contributed by atoms with E-state index < -0.39 is 0 Å². The zero-order chi connectivity index (χ0) is 19.2. The summed E-state index contributed by atoms with van der Waals surface area (Å²) in [6.45, 7) is 9.97. The Morgan fingerprint density at radius 1 is 1.11 bits per heavy atom. The number of nitrogens with zero attached hydrogens (tertiary/aromatic N) is 5. The van der Waals surface area contributed by atoms with Crippen molar-refractivity contribution >= 4 is 5.69 Å². The zero-order valence-corrected chi connectivity index (χ0v) is 16.8. The van der Waals surface area contributed by atoms with Gasteiger partial charge in [0, 0.05) is 18.7 Å². The molecular weight excluding hydrogens is 344 g/mol. The quantitative estimate of drug-likeness (QED) is 0.722. The van der Waals surface area contributed by atoms with Crippen LogP contribution >= 0.6 is 0 Å². The summed E-state index contributed by atoms with van der Waals surface area (Å²) >= 11 is 0. The van der Waals surface area contributed by atoms with Gasteiger partial charge in [-0.05, 0) is 34.7 Å². The topological polar surface area (TPSA) is 69.7 Å². The number of rotatable bonds is 8. The largest absolute Gasteiger partial charge is 0.497 e. The van der Waals surface area contributed by atoms with Crippen LogP contribution in [-0.4, -0.2) is 67.2 Å². The van der Waals surface area contributed by atoms with Crippen LogP contribution in [0.4, 0.5) is 5.69 Å². The van der Waals surface area contributed by atoms with Gasteiger partial charge >= 0.3 is 0 Å². The van der Waals surface area contributed by atoms with Gasteiger partial charge in [0.1, 0.15) is 5.75 Å². The average Bonchev–Trinajstić information content (AvgIpc) is 3.15. The van der Waals surface area contributed by atoms with E-state index in [9.17, 15) is 0 Å². The van der Waals surface area contributed by atoms with Crippen molar-refractivity contribution in [3.05, 3.63) is 30.1 Å². The predicted molar refractivity (Wildman–Crippen MR) is 103 cm³/mol. The molecule has 8 heteroatoms. The summed E-state index contributed by atoms with van der Waals surface area (Å²) in [5.74, 6) is 2.32. The summed E-state index contributed by atoms with van der Waals surface area (Å²) < 4.78 is 12.4. The summed E-state index contributed by atoms with van der Waals surface area (Å²) in [6, 6.07) is 8.60. The average molecular weight is 375 g/mol. The Hall–Kier alpha value is -2.19. The summed E-state index contributed by atoms with van der Waals surface area (Å²) in [5, 5.41) is 12.5. The van der Waals surface area contributed by atoms with Gasteiger partial charge in [0.25, 0.3) is 0 Å². The van der Waals surface area contributed by atoms with E-state index in [4.69, 9.17) is 9.47 Å². The van der Waals surface area contributed by atoms with Crippen LogP contribution < -0.4 is 14.5 Å². The van der Waals surface area contributed by atoms with Crippen molar-refractivity contribution in [2.75, 3.05) is 51.9 Å². The smallest absolute Gasteiger partial charge is 0.209 e. The van der Waals surface area contributed by atoms with Crippen LogP contribution in [0.5, 0.6) is 5.75 Å². The SMILES string of the molecule is COCCn1nnnc1[C@@H](C(C)C)[NH+]1CCN(c2ccc(OC)cc2)CC1. The maximum Gasteiger partial charge on any atom is 0.209 e. The fourth-order valence-corrected chi connectivity index (χ4v) is 3.88. The van der Waals surface area contributed by atoms with Gasteiger partial charge in [0.05, 0.1) is 46.4 Å². The van der Waals surface area contributed by atoms with E-state index >= 15 is 0 Å². The molecule has 3 rings (SSSR count). The number of ether oxygens (including phenoxy) is 2. The van der Waals surface area contributed by atoms with Crippen molar-refractivity contribution in [1.29, 1.82) is 0 Å². The molecule has 1 atom stereocenters. The molecule has 1 saturated heterocycles. The van der Waals surface area contributed by atoms with E-state index in [0.717, 1.165) is 37.8 Å². The molecule has 0 radical (unpaired) electrons. The van der Waals surface area contributed by atoms with Crippen molar-refractivity contribution in [1.82, 2.24) is 20.2 Å². The number of hydrogen-bond acceptors (Lipinski definition) is 6. The molecule has 0 bridgehead atoms. The minimum atomic E-state index is 0.287. The lowest BCUT2D eigenvalue weighted by Gasteiger charge is -2.38. The number of tetrazole rings is 1. The number of piperazine rings is 1. The molecule has 148 valence electrons. The van der Waals surface area contributed by atoms with E-state index in [1.807, 2.05) is 16.8 Å². The van der Waals surface area contributed by atoms with E-state index in [1.54, 1.807) is 19.1 Å². The Labute approximate surface area is 161 Å². The standard InChI is InChI=1S/C19H30N6O2/c1-15(2)18(19-20-21-22-25(19)13-14-26-3)24-11-9-23(10-12-24)16-5-7-17(27-4)8-6-16/h5-8,15,18H,9-14H2,1-4H3/p+1/t18-/m1/s1. The second-order valence-electron chi connectivity index (χ2n) is 7.32. The molecule has 0 saturated carbocycles. The molecule has 8 nitrogen and oxygen atoms in total. The first-order chi connectivity index (χ1) is 13.1. The number of nitrogens with one attached hydrogen (secondary N) is 1. The van der Waals surface area contributed by atoms with Crippen molar-refractivity contribution in [2.24, 2.45) is 5.92 Å². The molecule has 1 fully saturated rings. The van der Waals surface area contributed by atoms with Crippen molar-refractivity contribution in [3.8, 4) is 5.75 Å². The Morgan fingerprint density at radius 3 is 2.41 bits per heavy atom. The van der Waals surface area contributed by atoms with Crippen LogP contribution in [0.15, 0.2) is 24.3 Å². The normalized spacial score (nSPS) is 16.7. The predicted octanol–water partition coefficient (Wildman–Crippen LogP) is 0.430. The monoisotopic (exact) mass is 375 g/mol. The lowest BCUT2D eigenvalue weighted by Crippen LogP contribution is -3.15. The number of benzene rings is 1. The van der Waals surface area contributed by atoms with Crippen molar-refractivity contribution < 1.29 is 14.4 Å². The number of anilines is 1. The van der Waals surface area contributed by atoms with Crippen LogP contribution in [0.1, 0.15) is 25.7 Å². The second kappa shape index (κ2) is 9.14. The number of hydrogen-bond donors (Lipinski definition) is 1. The van der Waals surface area contributed by atoms with E-state index in [-0.39, 0.29) is 6.04 Å². The van der Waals surface area contributed by atoms with Gasteiger partial charge in [0.2, 0.25) is 5.82 Å². The highest BCUT2D eigenvalue weighted by Crippen LogP contribution is 2.20. The molecule has 2 heterocycles. The summed E-state index contributed by atoms with van der Waals surface area (Å²) in [6.07, 6.45) is 0. The van der Waals surface area contributed by atoms with Crippen LogP contribution in [0, 0.1) is 5.92 Å². The van der Waals surface area contributed by atoms with Gasteiger partial charge in [0.15, 0.2) is 6.04 Å². The summed E-state index contributed by atoms with van der Waals surface area (Å²) in [4.78, 5) is 3.98. The molecule has 0 aliphatic carbocycles. The first-order valence-corrected chi connectivity index (χ1v) is 9.62. The minimum Gasteiger partial charge on any atom is -0.497 e. The van der Waals surface area contributed by atoms with Crippen LogP contribution in [0.25, 0.3) is 0 Å². The fourth-order valence-electron chi connectivity index (χ4n) is 3.88. The molecule has 1 aromatic carbocycles. The minimum absolute atomic E-state index is 0.287. The molecule has 1 aliphatic heterocycles. The Kier molecular flexibility index (Phi) is 6.63. The molecule has 1 N–H and O–H groups in total. The van der Waals surface area contributed by atoms with Crippen LogP contribution in [0.2, 0.25) is 0 Å². The molecular formula is C19H31N6O2+. The molecule has 1 aromatic heterocycles. The van der Waals surface area contributed by atoms with Gasteiger partial charge in [-0.2, -0.15) is 0 Å². The van der Waals surface area contributed by atoms with Gasteiger partial charge in [-0.3, -0.25) is 0 Å². The Balaban J connectivity index is 1.67. The second-order valence-corrected chi connectivity index (χ2v) is 7.32. The number of aromatic nitrogens is 4. The highest BCUT2D eigenvalue weighted by atomic mass is 16.5. The van der Waals surface area contributed by atoms with Gasteiger partial charge in [-0.1, -0.05) is 13.8 Å². The fraction of sp³-hybridized carbons (Fsp3) is 0.632. The molecule has 0 spiro atoms. The first kappa shape index (κ1) is 19.6. The van der Waals surface area contributed by atoms with E-state index in [0.29, 0.717) is 19.1 Å². The van der Waals surface area contributed by atoms with Crippen LogP contribution in [0.3, 0.4) is 0 Å². The van der Waals surface area contributed by atoms with E-state index in [1.165, 1.54) is 5.69 Å². The molecule has 1 aliphatic rings. The lowest BCUT2D eigenvalue weighted by atomic mass is 10.0. The third-order valence-electron chi connectivity index (χ3n) is 5.29. The molecule has 0 amide bonds. The van der Waals surface area contributed by atoms with Crippen molar-refractivity contribution in [2.45, 2.75) is 26.4 Å². The maximum atomic E-state index is 5.26. The molecule has 27 heavy (non-hydrogen) atoms. The van der Waals surface area contributed by atoms with Gasteiger partial charge < -0.3 is 19.3 Å². The highest BCUT2D eigenvalue weighted by molar-refractivity contribution is 5.49. The van der Waals surface area contributed by atoms with Crippen molar-refractivity contribution in [3.63, 3.8) is 0 Å².